The number of halogens is 6. The minimum Gasteiger partial charge on any atom is -0.465 e. The van der Waals surface area contributed by atoms with E-state index >= 15 is 0 Å². The van der Waals surface area contributed by atoms with Crippen molar-refractivity contribution in [3.05, 3.63) is 52.7 Å². The van der Waals surface area contributed by atoms with Crippen LogP contribution < -0.4 is 5.32 Å². The fourth-order valence-electron chi connectivity index (χ4n) is 3.36. The SMILES string of the molecule is COC(=O)c1ccc(NC(=O)c2ncc(-c3cn([C@@H]4CC4(F)F)nc3C(F)(F)F)n2C)cc1Cl. The first kappa shape index (κ1) is 23.7. The van der Waals surface area contributed by atoms with E-state index in [9.17, 15) is 31.5 Å². The molecule has 0 bridgehead atoms. The van der Waals surface area contributed by atoms with E-state index in [0.717, 1.165) is 17.0 Å². The molecular formula is C20H15ClF5N5O3. The van der Waals surface area contributed by atoms with Crippen LogP contribution in [0.4, 0.5) is 27.6 Å². The Morgan fingerprint density at radius 1 is 1.29 bits per heavy atom. The van der Waals surface area contributed by atoms with E-state index in [1.807, 2.05) is 0 Å². The summed E-state index contributed by atoms with van der Waals surface area (Å²) in [5, 5.41) is 5.82. The van der Waals surface area contributed by atoms with Crippen molar-refractivity contribution < 1.29 is 36.3 Å². The van der Waals surface area contributed by atoms with Crippen LogP contribution in [0.1, 0.15) is 39.1 Å². The van der Waals surface area contributed by atoms with Crippen LogP contribution in [0.15, 0.2) is 30.6 Å². The molecule has 4 rings (SSSR count). The number of nitrogens with one attached hydrogen (secondary N) is 1. The maximum absolute atomic E-state index is 13.5. The standard InChI is InChI=1S/C20H15ClF5N5O3/c1-30-13(11-8-31(14-6-19(14,22)23)29-15(11)20(24,25)26)7-27-16(30)17(32)28-9-3-4-10(12(21)5-9)18(33)34-2/h3-5,7-8,14H,6H2,1-2H3,(H,28,32)/t14-/m1/s1. The minimum atomic E-state index is -4.92. The van der Waals surface area contributed by atoms with Crippen LogP contribution in [0.5, 0.6) is 0 Å². The third-order valence-electron chi connectivity index (χ3n) is 5.21. The second-order valence-electron chi connectivity index (χ2n) is 7.52. The molecule has 0 spiro atoms. The summed E-state index contributed by atoms with van der Waals surface area (Å²) in [5.41, 5.74) is -1.75. The molecule has 34 heavy (non-hydrogen) atoms. The summed E-state index contributed by atoms with van der Waals surface area (Å²) in [6.45, 7) is 0. The summed E-state index contributed by atoms with van der Waals surface area (Å²) in [7, 11) is 2.48. The molecule has 0 aliphatic heterocycles. The quantitative estimate of drug-likeness (QED) is 0.407. The zero-order valence-corrected chi connectivity index (χ0v) is 18.2. The van der Waals surface area contributed by atoms with Crippen molar-refractivity contribution >= 4 is 29.2 Å². The summed E-state index contributed by atoms with van der Waals surface area (Å²) in [6, 6.07) is 2.53. The predicted octanol–water partition coefficient (Wildman–Crippen LogP) is 4.57. The Bertz CT molecular complexity index is 1300. The van der Waals surface area contributed by atoms with Gasteiger partial charge in [0.25, 0.3) is 11.8 Å². The Balaban J connectivity index is 1.63. The number of hydrogen-bond acceptors (Lipinski definition) is 5. The Hall–Kier alpha value is -3.48. The molecule has 3 aromatic rings. The second kappa shape index (κ2) is 8.08. The smallest absolute Gasteiger partial charge is 0.435 e. The van der Waals surface area contributed by atoms with Gasteiger partial charge in [-0.1, -0.05) is 11.6 Å². The predicted molar refractivity (Wildman–Crippen MR) is 109 cm³/mol. The van der Waals surface area contributed by atoms with E-state index in [4.69, 9.17) is 11.6 Å². The van der Waals surface area contributed by atoms with Crippen LogP contribution in [-0.4, -0.2) is 44.2 Å². The van der Waals surface area contributed by atoms with Gasteiger partial charge >= 0.3 is 12.1 Å². The molecule has 0 radical (unpaired) electrons. The lowest BCUT2D eigenvalue weighted by Crippen LogP contribution is -2.17. The van der Waals surface area contributed by atoms with E-state index in [0.29, 0.717) is 4.68 Å². The molecule has 1 aliphatic rings. The first-order valence-corrected chi connectivity index (χ1v) is 9.96. The third kappa shape index (κ3) is 4.22. The van der Waals surface area contributed by atoms with Gasteiger partial charge in [-0.3, -0.25) is 9.48 Å². The Morgan fingerprint density at radius 3 is 2.53 bits per heavy atom. The summed E-state index contributed by atoms with van der Waals surface area (Å²) in [5.74, 6) is -4.86. The monoisotopic (exact) mass is 503 g/mol. The number of hydrogen-bond donors (Lipinski definition) is 1. The van der Waals surface area contributed by atoms with Crippen LogP contribution in [0.25, 0.3) is 11.3 Å². The van der Waals surface area contributed by atoms with Crippen molar-refractivity contribution in [2.75, 3.05) is 12.4 Å². The molecule has 1 atom stereocenters. The first-order chi connectivity index (χ1) is 15.8. The average Bonchev–Trinajstić information content (AvgIpc) is 3.07. The molecule has 8 nitrogen and oxygen atoms in total. The number of amides is 1. The number of alkyl halides is 5. The fourth-order valence-corrected chi connectivity index (χ4v) is 3.62. The molecule has 180 valence electrons. The highest BCUT2D eigenvalue weighted by Crippen LogP contribution is 2.53. The maximum atomic E-state index is 13.5. The molecule has 0 unspecified atom stereocenters. The highest BCUT2D eigenvalue weighted by Gasteiger charge is 2.59. The van der Waals surface area contributed by atoms with Crippen molar-refractivity contribution in [3.63, 3.8) is 0 Å². The van der Waals surface area contributed by atoms with Gasteiger partial charge in [-0.25, -0.2) is 18.6 Å². The highest BCUT2D eigenvalue weighted by atomic mass is 35.5. The molecule has 2 heterocycles. The third-order valence-corrected chi connectivity index (χ3v) is 5.52. The van der Waals surface area contributed by atoms with Crippen LogP contribution in [0.2, 0.25) is 5.02 Å². The summed E-state index contributed by atoms with van der Waals surface area (Å²) in [6.07, 6.45) is -3.64. The number of aromatic nitrogens is 4. The van der Waals surface area contributed by atoms with Crippen LogP contribution >= 0.6 is 11.6 Å². The number of ether oxygens (including phenoxy) is 1. The lowest BCUT2D eigenvalue weighted by molar-refractivity contribution is -0.141. The number of anilines is 1. The van der Waals surface area contributed by atoms with Gasteiger partial charge < -0.3 is 14.6 Å². The van der Waals surface area contributed by atoms with Crippen molar-refractivity contribution in [1.82, 2.24) is 19.3 Å². The van der Waals surface area contributed by atoms with E-state index < -0.39 is 47.7 Å². The normalized spacial score (nSPS) is 16.9. The van der Waals surface area contributed by atoms with Gasteiger partial charge in [0.1, 0.15) is 6.04 Å². The van der Waals surface area contributed by atoms with Gasteiger partial charge in [0.15, 0.2) is 11.5 Å². The molecule has 1 aromatic carbocycles. The van der Waals surface area contributed by atoms with Gasteiger partial charge in [0, 0.05) is 25.4 Å². The molecule has 2 aromatic heterocycles. The zero-order chi connectivity index (χ0) is 25.0. The Kier molecular flexibility index (Phi) is 5.62. The van der Waals surface area contributed by atoms with E-state index in [2.05, 4.69) is 20.1 Å². The van der Waals surface area contributed by atoms with Crippen molar-refractivity contribution in [3.8, 4) is 11.3 Å². The Labute approximate surface area is 193 Å². The fraction of sp³-hybridized carbons (Fsp3) is 0.300. The van der Waals surface area contributed by atoms with Gasteiger partial charge in [-0.05, 0) is 18.2 Å². The molecule has 1 fully saturated rings. The molecule has 1 N–H and O–H groups in total. The molecule has 0 saturated heterocycles. The number of carbonyl (C=O) groups excluding carboxylic acids is 2. The lowest BCUT2D eigenvalue weighted by atomic mass is 10.2. The van der Waals surface area contributed by atoms with Crippen LogP contribution in [0, 0.1) is 0 Å². The van der Waals surface area contributed by atoms with Crippen molar-refractivity contribution in [1.29, 1.82) is 0 Å². The van der Waals surface area contributed by atoms with Crippen molar-refractivity contribution in [2.45, 2.75) is 24.6 Å². The summed E-state index contributed by atoms with van der Waals surface area (Å²) < 4.78 is 73.7. The van der Waals surface area contributed by atoms with Crippen LogP contribution in [0.3, 0.4) is 0 Å². The molecule has 1 aliphatic carbocycles. The average molecular weight is 504 g/mol. The molecule has 1 saturated carbocycles. The number of esters is 1. The second-order valence-corrected chi connectivity index (χ2v) is 7.92. The summed E-state index contributed by atoms with van der Waals surface area (Å²) >= 11 is 6.02. The van der Waals surface area contributed by atoms with Gasteiger partial charge in [-0.2, -0.15) is 18.3 Å². The number of methoxy groups -OCH3 is 1. The number of carbonyl (C=O) groups is 2. The first-order valence-electron chi connectivity index (χ1n) is 9.59. The number of benzene rings is 1. The summed E-state index contributed by atoms with van der Waals surface area (Å²) in [4.78, 5) is 28.2. The van der Waals surface area contributed by atoms with Gasteiger partial charge in [-0.15, -0.1) is 0 Å². The molecule has 1 amide bonds. The van der Waals surface area contributed by atoms with Crippen molar-refractivity contribution in [2.24, 2.45) is 7.05 Å². The Morgan fingerprint density at radius 2 is 1.97 bits per heavy atom. The van der Waals surface area contributed by atoms with Crippen LogP contribution in [-0.2, 0) is 18.0 Å². The maximum Gasteiger partial charge on any atom is 0.435 e. The number of imidazole rings is 1. The molecular weight excluding hydrogens is 489 g/mol. The van der Waals surface area contributed by atoms with E-state index in [-0.39, 0.29) is 27.8 Å². The topological polar surface area (TPSA) is 91.0 Å². The zero-order valence-electron chi connectivity index (χ0n) is 17.5. The number of rotatable bonds is 5. The number of nitrogens with zero attached hydrogens (tertiary/aromatic N) is 4. The van der Waals surface area contributed by atoms with E-state index in [1.54, 1.807) is 0 Å². The highest BCUT2D eigenvalue weighted by molar-refractivity contribution is 6.34. The van der Waals surface area contributed by atoms with Gasteiger partial charge in [0.05, 0.1) is 35.2 Å². The van der Waals surface area contributed by atoms with Gasteiger partial charge in [0.2, 0.25) is 0 Å². The molecule has 14 heteroatoms. The lowest BCUT2D eigenvalue weighted by Gasteiger charge is -2.09. The minimum absolute atomic E-state index is 0.00397. The van der Waals surface area contributed by atoms with E-state index in [1.165, 1.54) is 32.4 Å². The largest absolute Gasteiger partial charge is 0.465 e.